The van der Waals surface area contributed by atoms with Gasteiger partial charge >= 0.3 is 0 Å². The summed E-state index contributed by atoms with van der Waals surface area (Å²) in [6, 6.07) is 20.5. The molecule has 0 saturated heterocycles. The molecule has 6 heteroatoms. The fourth-order valence-corrected chi connectivity index (χ4v) is 1.93. The zero-order valence-electron chi connectivity index (χ0n) is 12.6. The molecule has 0 fully saturated rings. The van der Waals surface area contributed by atoms with Crippen LogP contribution in [-0.4, -0.2) is 10.2 Å². The van der Waals surface area contributed by atoms with Gasteiger partial charge in [0.2, 0.25) is 0 Å². The van der Waals surface area contributed by atoms with Crippen LogP contribution in [0.5, 0.6) is 11.5 Å². The Morgan fingerprint density at radius 1 is 0.500 bits per heavy atom. The van der Waals surface area contributed by atoms with Gasteiger partial charge in [-0.15, -0.1) is 10.2 Å². The molecule has 3 aromatic rings. The van der Waals surface area contributed by atoms with E-state index in [0.717, 1.165) is 0 Å². The number of para-hydroxylation sites is 1. The van der Waals surface area contributed by atoms with Crippen LogP contribution in [0.1, 0.15) is 0 Å². The van der Waals surface area contributed by atoms with Crippen molar-refractivity contribution in [2.75, 3.05) is 0 Å². The van der Waals surface area contributed by atoms with Crippen LogP contribution < -0.4 is 0 Å². The Labute approximate surface area is 138 Å². The first-order valence-electron chi connectivity index (χ1n) is 7.22. The molecule has 3 aromatic carbocycles. The van der Waals surface area contributed by atoms with Crippen molar-refractivity contribution in [2.45, 2.75) is 0 Å². The molecule has 0 saturated carbocycles. The lowest BCUT2D eigenvalue weighted by Gasteiger charge is -2.00. The lowest BCUT2D eigenvalue weighted by molar-refractivity contribution is 0.476. The molecule has 0 bridgehead atoms. The van der Waals surface area contributed by atoms with Gasteiger partial charge in [-0.2, -0.15) is 10.2 Å². The molecule has 6 nitrogen and oxygen atoms in total. The molecule has 2 N–H and O–H groups in total. The number of rotatable bonds is 4. The summed E-state index contributed by atoms with van der Waals surface area (Å²) >= 11 is 0. The van der Waals surface area contributed by atoms with Crippen molar-refractivity contribution in [3.63, 3.8) is 0 Å². The van der Waals surface area contributed by atoms with E-state index in [-0.39, 0.29) is 11.5 Å². The van der Waals surface area contributed by atoms with Crippen molar-refractivity contribution in [2.24, 2.45) is 20.5 Å². The van der Waals surface area contributed by atoms with E-state index in [2.05, 4.69) is 20.5 Å². The van der Waals surface area contributed by atoms with Crippen LogP contribution in [-0.2, 0) is 0 Å². The molecule has 0 atom stereocenters. The molecule has 0 unspecified atom stereocenters. The molecule has 0 amide bonds. The molecule has 0 radical (unpaired) electrons. The van der Waals surface area contributed by atoms with Gasteiger partial charge in [-0.1, -0.05) is 30.3 Å². The normalized spacial score (nSPS) is 11.3. The first kappa shape index (κ1) is 15.4. The van der Waals surface area contributed by atoms with Crippen LogP contribution in [0.3, 0.4) is 0 Å². The summed E-state index contributed by atoms with van der Waals surface area (Å²) in [7, 11) is 0. The third-order valence-electron chi connectivity index (χ3n) is 3.14. The lowest BCUT2D eigenvalue weighted by atomic mass is 10.2. The van der Waals surface area contributed by atoms with Gasteiger partial charge in [-0.25, -0.2) is 0 Å². The van der Waals surface area contributed by atoms with E-state index in [1.54, 1.807) is 30.3 Å². The number of benzene rings is 3. The van der Waals surface area contributed by atoms with Crippen molar-refractivity contribution in [3.8, 4) is 11.5 Å². The van der Waals surface area contributed by atoms with Gasteiger partial charge in [0, 0.05) is 6.07 Å². The average molecular weight is 318 g/mol. The summed E-state index contributed by atoms with van der Waals surface area (Å²) in [6.07, 6.45) is 0. The highest BCUT2D eigenvalue weighted by molar-refractivity contribution is 5.58. The predicted molar refractivity (Wildman–Crippen MR) is 91.0 cm³/mol. The molecule has 0 spiro atoms. The van der Waals surface area contributed by atoms with Crippen molar-refractivity contribution >= 4 is 22.7 Å². The molecule has 0 aliphatic heterocycles. The first-order valence-corrected chi connectivity index (χ1v) is 7.22. The van der Waals surface area contributed by atoms with E-state index in [1.165, 1.54) is 12.1 Å². The number of hydrogen-bond donors (Lipinski definition) is 2. The summed E-state index contributed by atoms with van der Waals surface area (Å²) in [4.78, 5) is 0. The van der Waals surface area contributed by atoms with Gasteiger partial charge < -0.3 is 10.2 Å². The highest BCUT2D eigenvalue weighted by Gasteiger charge is 2.02. The van der Waals surface area contributed by atoms with Gasteiger partial charge in [0.1, 0.15) is 22.9 Å². The van der Waals surface area contributed by atoms with Crippen LogP contribution in [0.25, 0.3) is 0 Å². The summed E-state index contributed by atoms with van der Waals surface area (Å²) < 4.78 is 0. The quantitative estimate of drug-likeness (QED) is 0.584. The monoisotopic (exact) mass is 318 g/mol. The maximum atomic E-state index is 10.0. The van der Waals surface area contributed by atoms with Gasteiger partial charge in [-0.3, -0.25) is 0 Å². The molecule has 0 heterocycles. The second-order valence-electron chi connectivity index (χ2n) is 4.90. The average Bonchev–Trinajstić information content (AvgIpc) is 2.61. The van der Waals surface area contributed by atoms with Gasteiger partial charge in [0.25, 0.3) is 0 Å². The zero-order valence-corrected chi connectivity index (χ0v) is 12.6. The van der Waals surface area contributed by atoms with Crippen molar-refractivity contribution in [1.29, 1.82) is 0 Å². The smallest absolute Gasteiger partial charge is 0.145 e. The van der Waals surface area contributed by atoms with Crippen molar-refractivity contribution in [1.82, 2.24) is 0 Å². The van der Waals surface area contributed by atoms with Crippen LogP contribution in [0, 0.1) is 0 Å². The highest BCUT2D eigenvalue weighted by Crippen LogP contribution is 2.33. The summed E-state index contributed by atoms with van der Waals surface area (Å²) in [5, 5.41) is 35.7. The van der Waals surface area contributed by atoms with Crippen LogP contribution in [0.4, 0.5) is 22.7 Å². The van der Waals surface area contributed by atoms with Crippen molar-refractivity contribution in [3.05, 3.63) is 72.8 Å². The van der Waals surface area contributed by atoms with E-state index in [1.807, 2.05) is 30.3 Å². The second kappa shape index (κ2) is 7.15. The summed E-state index contributed by atoms with van der Waals surface area (Å²) in [5.41, 5.74) is 1.82. The van der Waals surface area contributed by atoms with Gasteiger partial charge in [0.15, 0.2) is 0 Å². The third kappa shape index (κ3) is 3.80. The number of nitrogens with zero attached hydrogens (tertiary/aromatic N) is 4. The Hall–Kier alpha value is -3.54. The van der Waals surface area contributed by atoms with E-state index >= 15 is 0 Å². The number of aromatic hydroxyl groups is 2. The van der Waals surface area contributed by atoms with E-state index in [4.69, 9.17) is 0 Å². The second-order valence-corrected chi connectivity index (χ2v) is 4.90. The van der Waals surface area contributed by atoms with Crippen LogP contribution >= 0.6 is 0 Å². The Kier molecular flexibility index (Phi) is 4.57. The summed E-state index contributed by atoms with van der Waals surface area (Å²) in [5.74, 6) is -0.0119. The standard InChI is InChI=1S/C18H14N4O2/c23-17-9-5-4-8-15(17)21-20-14-10-11-16(18(24)12-14)22-19-13-6-2-1-3-7-13/h1-12,23-24H/b21-20?,22-19+. The largest absolute Gasteiger partial charge is 0.506 e. The molecule has 118 valence electrons. The maximum absolute atomic E-state index is 10.0. The Balaban J connectivity index is 1.78. The first-order chi connectivity index (χ1) is 11.7. The topological polar surface area (TPSA) is 89.9 Å². The van der Waals surface area contributed by atoms with E-state index < -0.39 is 0 Å². The minimum atomic E-state index is -0.0524. The summed E-state index contributed by atoms with van der Waals surface area (Å²) in [6.45, 7) is 0. The van der Waals surface area contributed by atoms with Crippen LogP contribution in [0.15, 0.2) is 93.3 Å². The highest BCUT2D eigenvalue weighted by atomic mass is 16.3. The lowest BCUT2D eigenvalue weighted by Crippen LogP contribution is -1.70. The zero-order chi connectivity index (χ0) is 16.8. The minimum Gasteiger partial charge on any atom is -0.506 e. The Bertz CT molecular complexity index is 893. The number of phenolic OH excluding ortho intramolecular Hbond substituents is 2. The molecular weight excluding hydrogens is 304 g/mol. The van der Waals surface area contributed by atoms with Gasteiger partial charge in [-0.05, 0) is 36.4 Å². The number of azo groups is 2. The predicted octanol–water partition coefficient (Wildman–Crippen LogP) is 5.93. The maximum Gasteiger partial charge on any atom is 0.145 e. The Morgan fingerprint density at radius 3 is 1.83 bits per heavy atom. The molecule has 0 aliphatic rings. The molecule has 3 rings (SSSR count). The fourth-order valence-electron chi connectivity index (χ4n) is 1.93. The minimum absolute atomic E-state index is 0.0405. The molecule has 0 aromatic heterocycles. The van der Waals surface area contributed by atoms with Crippen molar-refractivity contribution < 1.29 is 10.2 Å². The molecular formula is C18H14N4O2. The Morgan fingerprint density at radius 2 is 1.12 bits per heavy atom. The van der Waals surface area contributed by atoms with Gasteiger partial charge in [0.05, 0.1) is 11.4 Å². The third-order valence-corrected chi connectivity index (χ3v) is 3.14. The van der Waals surface area contributed by atoms with E-state index in [0.29, 0.717) is 22.7 Å². The number of phenols is 2. The SMILES string of the molecule is Oc1ccccc1N=Nc1ccc(/N=N/c2ccccc2)c(O)c1. The molecule has 0 aliphatic carbocycles. The van der Waals surface area contributed by atoms with Crippen LogP contribution in [0.2, 0.25) is 0 Å². The molecule has 24 heavy (non-hydrogen) atoms. The number of hydrogen-bond acceptors (Lipinski definition) is 6. The fraction of sp³-hybridized carbons (Fsp3) is 0. The van der Waals surface area contributed by atoms with E-state index in [9.17, 15) is 10.2 Å².